The molecule has 0 spiro atoms. The van der Waals surface area contributed by atoms with Gasteiger partial charge in [-0.1, -0.05) is 9.64 Å². The van der Waals surface area contributed by atoms with E-state index >= 15 is 0 Å². The molecule has 2 rings (SSSR count). The minimum atomic E-state index is 0.273. The zero-order chi connectivity index (χ0) is 9.26. The van der Waals surface area contributed by atoms with E-state index in [1.54, 1.807) is 0 Å². The fourth-order valence-electron chi connectivity index (χ4n) is 0.857. The molecule has 0 radical (unpaired) electrons. The van der Waals surface area contributed by atoms with E-state index in [-0.39, 0.29) is 6.54 Å². The first kappa shape index (κ1) is 8.27. The third-order valence-electron chi connectivity index (χ3n) is 1.50. The zero-order valence-corrected chi connectivity index (χ0v) is 7.71. The fraction of sp³-hybridized carbons (Fsp3) is 0.333. The lowest BCUT2D eigenvalue weighted by atomic mass is 10.4. The van der Waals surface area contributed by atoms with E-state index in [1.165, 1.54) is 11.5 Å². The highest BCUT2D eigenvalue weighted by atomic mass is 32.1. The van der Waals surface area contributed by atoms with Crippen LogP contribution in [0.5, 0.6) is 0 Å². The van der Waals surface area contributed by atoms with Crippen molar-refractivity contribution in [1.29, 1.82) is 0 Å². The van der Waals surface area contributed by atoms with Crippen molar-refractivity contribution in [3.63, 3.8) is 0 Å². The molecule has 2 heterocycles. The molecule has 0 saturated carbocycles. The Labute approximate surface area is 77.9 Å². The standard InChI is InChI=1S/C6H7N5OS/c1-3-5(13-11-9-3)6-8-4(2-7)10-12-6/h2,7H2,1H3. The van der Waals surface area contributed by atoms with Crippen molar-refractivity contribution >= 4 is 11.5 Å². The molecule has 0 unspecified atom stereocenters. The third-order valence-corrected chi connectivity index (χ3v) is 2.31. The van der Waals surface area contributed by atoms with Gasteiger partial charge in [-0.25, -0.2) is 0 Å². The van der Waals surface area contributed by atoms with Crippen molar-refractivity contribution in [2.75, 3.05) is 0 Å². The normalized spacial score (nSPS) is 10.6. The molecule has 6 nitrogen and oxygen atoms in total. The highest BCUT2D eigenvalue weighted by Gasteiger charge is 2.13. The van der Waals surface area contributed by atoms with Gasteiger partial charge in [-0.3, -0.25) is 0 Å². The summed E-state index contributed by atoms with van der Waals surface area (Å²) in [6.07, 6.45) is 0. The smallest absolute Gasteiger partial charge is 0.271 e. The van der Waals surface area contributed by atoms with Gasteiger partial charge < -0.3 is 10.3 Å². The highest BCUT2D eigenvalue weighted by Crippen LogP contribution is 2.23. The molecule has 0 aromatic carbocycles. The van der Waals surface area contributed by atoms with E-state index in [1.807, 2.05) is 6.92 Å². The number of hydrogen-bond donors (Lipinski definition) is 1. The minimum Gasteiger partial charge on any atom is -0.333 e. The van der Waals surface area contributed by atoms with E-state index < -0.39 is 0 Å². The van der Waals surface area contributed by atoms with Gasteiger partial charge in [-0.05, 0) is 18.5 Å². The lowest BCUT2D eigenvalue weighted by molar-refractivity contribution is 0.423. The maximum absolute atomic E-state index is 5.34. The van der Waals surface area contributed by atoms with Gasteiger partial charge in [0.25, 0.3) is 5.89 Å². The maximum atomic E-state index is 5.34. The van der Waals surface area contributed by atoms with Gasteiger partial charge in [0.15, 0.2) is 5.82 Å². The summed E-state index contributed by atoms with van der Waals surface area (Å²) in [5, 5.41) is 7.51. The molecular formula is C6H7N5OS. The predicted octanol–water partition coefficient (Wildman–Crippen LogP) is 0.355. The zero-order valence-electron chi connectivity index (χ0n) is 6.89. The lowest BCUT2D eigenvalue weighted by Crippen LogP contribution is -1.97. The lowest BCUT2D eigenvalue weighted by Gasteiger charge is -1.84. The summed E-state index contributed by atoms with van der Waals surface area (Å²) in [6, 6.07) is 0. The number of rotatable bonds is 2. The molecule has 2 aromatic heterocycles. The predicted molar refractivity (Wildman–Crippen MR) is 45.8 cm³/mol. The van der Waals surface area contributed by atoms with Crippen molar-refractivity contribution in [3.05, 3.63) is 11.5 Å². The Balaban J connectivity index is 2.41. The fourth-order valence-corrected chi connectivity index (χ4v) is 1.44. The van der Waals surface area contributed by atoms with Crippen LogP contribution < -0.4 is 5.73 Å². The summed E-state index contributed by atoms with van der Waals surface area (Å²) >= 11 is 1.23. The average molecular weight is 197 g/mol. The summed E-state index contributed by atoms with van der Waals surface area (Å²) in [6.45, 7) is 2.11. The van der Waals surface area contributed by atoms with E-state index in [0.717, 1.165) is 10.6 Å². The van der Waals surface area contributed by atoms with Crippen LogP contribution >= 0.6 is 11.5 Å². The summed E-state index contributed by atoms with van der Waals surface area (Å²) in [7, 11) is 0. The van der Waals surface area contributed by atoms with E-state index in [0.29, 0.717) is 11.7 Å². The number of aromatic nitrogens is 4. The molecule has 2 N–H and O–H groups in total. The number of aryl methyl sites for hydroxylation is 1. The number of nitrogens with zero attached hydrogens (tertiary/aromatic N) is 4. The van der Waals surface area contributed by atoms with Crippen LogP contribution in [0.3, 0.4) is 0 Å². The molecule has 68 valence electrons. The molecule has 0 amide bonds. The van der Waals surface area contributed by atoms with Gasteiger partial charge in [0.1, 0.15) is 4.88 Å². The molecule has 13 heavy (non-hydrogen) atoms. The molecule has 7 heteroatoms. The molecule has 0 atom stereocenters. The Bertz CT molecular complexity index is 409. The first-order chi connectivity index (χ1) is 6.31. The Morgan fingerprint density at radius 2 is 2.38 bits per heavy atom. The summed E-state index contributed by atoms with van der Waals surface area (Å²) in [5.74, 6) is 0.927. The summed E-state index contributed by atoms with van der Waals surface area (Å²) in [4.78, 5) is 4.86. The SMILES string of the molecule is Cc1nnsc1-c1nc(CN)no1. The molecule has 0 aliphatic rings. The summed E-state index contributed by atoms with van der Waals surface area (Å²) < 4.78 is 8.74. The van der Waals surface area contributed by atoms with Crippen LogP contribution in [0.4, 0.5) is 0 Å². The van der Waals surface area contributed by atoms with Crippen LogP contribution in [0, 0.1) is 6.92 Å². The van der Waals surface area contributed by atoms with Crippen molar-refractivity contribution in [3.8, 4) is 10.8 Å². The van der Waals surface area contributed by atoms with Crippen LogP contribution in [-0.2, 0) is 6.54 Å². The first-order valence-electron chi connectivity index (χ1n) is 3.63. The van der Waals surface area contributed by atoms with Crippen LogP contribution in [0.25, 0.3) is 10.8 Å². The Morgan fingerprint density at radius 3 is 2.92 bits per heavy atom. The second-order valence-electron chi connectivity index (χ2n) is 2.41. The topological polar surface area (TPSA) is 90.7 Å². The van der Waals surface area contributed by atoms with Crippen molar-refractivity contribution in [2.24, 2.45) is 5.73 Å². The molecule has 0 aliphatic carbocycles. The molecule has 0 fully saturated rings. The Hall–Kier alpha value is -1.34. The first-order valence-corrected chi connectivity index (χ1v) is 4.40. The number of nitrogens with two attached hydrogens (primary N) is 1. The van der Waals surface area contributed by atoms with Gasteiger partial charge in [0.05, 0.1) is 12.2 Å². The van der Waals surface area contributed by atoms with Crippen LogP contribution in [0.2, 0.25) is 0 Å². The second kappa shape index (κ2) is 3.19. The molecule has 0 aliphatic heterocycles. The molecule has 0 bridgehead atoms. The summed E-state index contributed by atoms with van der Waals surface area (Å²) in [5.41, 5.74) is 6.13. The highest BCUT2D eigenvalue weighted by molar-refractivity contribution is 7.09. The van der Waals surface area contributed by atoms with Crippen molar-refractivity contribution in [2.45, 2.75) is 13.5 Å². The van der Waals surface area contributed by atoms with Gasteiger partial charge in [-0.15, -0.1) is 5.10 Å². The average Bonchev–Trinajstić information content (AvgIpc) is 2.71. The van der Waals surface area contributed by atoms with Crippen molar-refractivity contribution < 1.29 is 4.52 Å². The van der Waals surface area contributed by atoms with Gasteiger partial charge in [-0.2, -0.15) is 4.98 Å². The minimum absolute atomic E-state index is 0.273. The molecule has 0 saturated heterocycles. The van der Waals surface area contributed by atoms with E-state index in [9.17, 15) is 0 Å². The van der Waals surface area contributed by atoms with E-state index in [2.05, 4.69) is 19.7 Å². The second-order valence-corrected chi connectivity index (χ2v) is 3.16. The van der Waals surface area contributed by atoms with E-state index in [4.69, 9.17) is 10.3 Å². The van der Waals surface area contributed by atoms with Gasteiger partial charge >= 0.3 is 0 Å². The third kappa shape index (κ3) is 1.43. The maximum Gasteiger partial charge on any atom is 0.271 e. The quantitative estimate of drug-likeness (QED) is 0.747. The van der Waals surface area contributed by atoms with Gasteiger partial charge in [0, 0.05) is 0 Å². The molecular weight excluding hydrogens is 190 g/mol. The molecule has 2 aromatic rings. The van der Waals surface area contributed by atoms with Crippen LogP contribution in [0.1, 0.15) is 11.5 Å². The largest absolute Gasteiger partial charge is 0.333 e. The van der Waals surface area contributed by atoms with Crippen LogP contribution in [0.15, 0.2) is 4.52 Å². The monoisotopic (exact) mass is 197 g/mol. The Morgan fingerprint density at radius 1 is 1.54 bits per heavy atom. The van der Waals surface area contributed by atoms with Gasteiger partial charge in [0.2, 0.25) is 0 Å². The Kier molecular flexibility index (Phi) is 2.03. The number of hydrogen-bond acceptors (Lipinski definition) is 7. The van der Waals surface area contributed by atoms with Crippen molar-refractivity contribution in [1.82, 2.24) is 19.7 Å². The van der Waals surface area contributed by atoms with Crippen LogP contribution in [-0.4, -0.2) is 19.7 Å².